The molecule has 0 unspecified atom stereocenters. The molecule has 2 heteroatoms. The van der Waals surface area contributed by atoms with Gasteiger partial charge in [0.05, 0.1) is 23.4 Å². The van der Waals surface area contributed by atoms with E-state index in [9.17, 15) is 0 Å². The molecule has 4 aliphatic heterocycles. The SMILES string of the molecule is CC(/C=C/C=C(C)/C=C/[C@H]1C(C)(C)[C@@H]2CC[C@@]1(C)O2)=C\C=C\C=C(C)\C=C\C=C(C)\C=C\[C@H]1C(C)(C)[C@@H]2CC[C@@]1(C)O2. The molecule has 4 aliphatic rings. The maximum absolute atomic E-state index is 6.35. The lowest BCUT2D eigenvalue weighted by atomic mass is 9.64. The lowest BCUT2D eigenvalue weighted by molar-refractivity contribution is 0.0116. The minimum atomic E-state index is 0.00293. The number of ether oxygens (including phenoxy) is 2. The van der Waals surface area contributed by atoms with E-state index in [1.165, 1.54) is 48.0 Å². The van der Waals surface area contributed by atoms with Crippen molar-refractivity contribution in [3.8, 4) is 0 Å². The molecule has 4 saturated heterocycles. The number of rotatable bonds is 10. The number of allylic oxidation sites excluding steroid dienone is 16. The number of hydrogen-bond acceptors (Lipinski definition) is 2. The highest BCUT2D eigenvalue weighted by atomic mass is 16.5. The van der Waals surface area contributed by atoms with Crippen LogP contribution in [-0.4, -0.2) is 23.4 Å². The zero-order valence-corrected chi connectivity index (χ0v) is 28.0. The summed E-state index contributed by atoms with van der Waals surface area (Å²) in [6.45, 7) is 22.6. The molecule has 0 spiro atoms. The molecule has 4 bridgehead atoms. The molecule has 2 nitrogen and oxygen atoms in total. The van der Waals surface area contributed by atoms with E-state index < -0.39 is 0 Å². The van der Waals surface area contributed by atoms with Gasteiger partial charge in [0.15, 0.2) is 0 Å². The minimum absolute atomic E-state index is 0.00293. The van der Waals surface area contributed by atoms with Crippen LogP contribution in [0, 0.1) is 22.7 Å². The van der Waals surface area contributed by atoms with E-state index in [-0.39, 0.29) is 22.0 Å². The van der Waals surface area contributed by atoms with Crippen LogP contribution in [0.15, 0.2) is 107 Å². The minimum Gasteiger partial charge on any atom is -0.371 e. The first-order chi connectivity index (χ1) is 19.7. The molecule has 0 amide bonds. The van der Waals surface area contributed by atoms with Crippen molar-refractivity contribution in [2.75, 3.05) is 0 Å². The van der Waals surface area contributed by atoms with E-state index in [1.807, 2.05) is 0 Å². The highest BCUT2D eigenvalue weighted by molar-refractivity contribution is 5.32. The van der Waals surface area contributed by atoms with Crippen molar-refractivity contribution in [2.24, 2.45) is 22.7 Å². The highest BCUT2D eigenvalue weighted by Crippen LogP contribution is 2.59. The van der Waals surface area contributed by atoms with Crippen molar-refractivity contribution in [3.05, 3.63) is 107 Å². The summed E-state index contributed by atoms with van der Waals surface area (Å²) in [4.78, 5) is 0. The summed E-state index contributed by atoms with van der Waals surface area (Å²) in [5.41, 5.74) is 5.40. The van der Waals surface area contributed by atoms with Crippen LogP contribution in [-0.2, 0) is 9.47 Å². The lowest BCUT2D eigenvalue weighted by Crippen LogP contribution is -2.39. The Morgan fingerprint density at radius 3 is 1.17 bits per heavy atom. The smallest absolute Gasteiger partial charge is 0.0728 e. The first-order valence-electron chi connectivity index (χ1n) is 16.1. The fourth-order valence-corrected chi connectivity index (χ4v) is 7.94. The predicted molar refractivity (Wildman–Crippen MR) is 180 cm³/mol. The van der Waals surface area contributed by atoms with E-state index in [4.69, 9.17) is 9.47 Å². The molecule has 0 radical (unpaired) electrons. The van der Waals surface area contributed by atoms with E-state index >= 15 is 0 Å². The van der Waals surface area contributed by atoms with E-state index in [2.05, 4.69) is 154 Å². The normalized spacial score (nSPS) is 36.9. The topological polar surface area (TPSA) is 18.5 Å². The standard InChI is InChI=1S/C40H56O2/c1-29(17-13-19-31(3)21-23-33-37(5,6)35-25-27-39(33,9)41-35)15-11-12-16-30(2)18-14-20-32(4)22-24-34-38(7,8)36-26-28-40(34,10)42-36/h11-24,33-36H,25-28H2,1-10H3/b12-11+,17-13+,18-14+,23-21+,24-22+,29-15+,30-16+,31-19+,32-20+/t33-,34-,35-,36-,39+,40+/m0/s1. The third kappa shape index (κ3) is 7.03. The summed E-state index contributed by atoms with van der Waals surface area (Å²) in [6.07, 6.45) is 36.3. The van der Waals surface area contributed by atoms with Gasteiger partial charge < -0.3 is 9.47 Å². The summed E-state index contributed by atoms with van der Waals surface area (Å²) in [6, 6.07) is 0. The third-order valence-corrected chi connectivity index (χ3v) is 10.6. The van der Waals surface area contributed by atoms with Crippen molar-refractivity contribution in [2.45, 2.75) is 118 Å². The molecule has 0 aromatic heterocycles. The van der Waals surface area contributed by atoms with E-state index in [1.54, 1.807) is 0 Å². The van der Waals surface area contributed by atoms with Gasteiger partial charge in [-0.05, 0) is 78.1 Å². The second-order valence-electron chi connectivity index (χ2n) is 15.0. The molecule has 42 heavy (non-hydrogen) atoms. The van der Waals surface area contributed by atoms with Crippen LogP contribution in [0.1, 0.15) is 94.9 Å². The van der Waals surface area contributed by atoms with Gasteiger partial charge in [-0.2, -0.15) is 0 Å². The van der Waals surface area contributed by atoms with E-state index in [0.717, 1.165) is 0 Å². The van der Waals surface area contributed by atoms with Crippen LogP contribution in [0.5, 0.6) is 0 Å². The average Bonchev–Trinajstić information content (AvgIpc) is 3.59. The van der Waals surface area contributed by atoms with Crippen LogP contribution in [0.4, 0.5) is 0 Å². The Kier molecular flexibility index (Phi) is 9.80. The Morgan fingerprint density at radius 2 is 0.833 bits per heavy atom. The third-order valence-electron chi connectivity index (χ3n) is 10.6. The summed E-state index contributed by atoms with van der Waals surface area (Å²) in [5, 5.41) is 0. The molecule has 228 valence electrons. The monoisotopic (exact) mass is 568 g/mol. The van der Waals surface area contributed by atoms with Crippen LogP contribution in [0.25, 0.3) is 0 Å². The van der Waals surface area contributed by atoms with Gasteiger partial charge in [0.1, 0.15) is 0 Å². The summed E-state index contributed by atoms with van der Waals surface area (Å²) < 4.78 is 12.7. The van der Waals surface area contributed by atoms with Crippen LogP contribution < -0.4 is 0 Å². The zero-order chi connectivity index (χ0) is 30.8. The van der Waals surface area contributed by atoms with Gasteiger partial charge in [-0.3, -0.25) is 0 Å². The van der Waals surface area contributed by atoms with Crippen molar-refractivity contribution in [3.63, 3.8) is 0 Å². The van der Waals surface area contributed by atoms with E-state index in [0.29, 0.717) is 24.0 Å². The van der Waals surface area contributed by atoms with Gasteiger partial charge in [0.25, 0.3) is 0 Å². The molecule has 4 fully saturated rings. The molecule has 0 aromatic rings. The predicted octanol–water partition coefficient (Wildman–Crippen LogP) is 10.7. The van der Waals surface area contributed by atoms with Crippen molar-refractivity contribution in [1.29, 1.82) is 0 Å². The largest absolute Gasteiger partial charge is 0.371 e. The first-order valence-corrected chi connectivity index (χ1v) is 16.1. The maximum atomic E-state index is 6.35. The summed E-state index contributed by atoms with van der Waals surface area (Å²) in [7, 11) is 0. The summed E-state index contributed by atoms with van der Waals surface area (Å²) in [5.74, 6) is 0.934. The molecule has 4 heterocycles. The van der Waals surface area contributed by atoms with Crippen molar-refractivity contribution < 1.29 is 9.47 Å². The lowest BCUT2D eigenvalue weighted by Gasteiger charge is -2.37. The Hall–Kier alpha value is -2.42. The van der Waals surface area contributed by atoms with Gasteiger partial charge in [-0.15, -0.1) is 0 Å². The second kappa shape index (κ2) is 12.7. The van der Waals surface area contributed by atoms with Crippen LogP contribution in [0.2, 0.25) is 0 Å². The van der Waals surface area contributed by atoms with Gasteiger partial charge >= 0.3 is 0 Å². The molecule has 4 rings (SSSR count). The summed E-state index contributed by atoms with van der Waals surface area (Å²) >= 11 is 0. The van der Waals surface area contributed by atoms with Gasteiger partial charge in [-0.25, -0.2) is 0 Å². The Balaban J connectivity index is 1.23. The molecule has 6 atom stereocenters. The fraction of sp³-hybridized carbons (Fsp3) is 0.550. The fourth-order valence-electron chi connectivity index (χ4n) is 7.94. The first kappa shape index (κ1) is 32.5. The zero-order valence-electron chi connectivity index (χ0n) is 28.0. The number of fused-ring (bicyclic) bond motifs is 4. The number of hydrogen-bond donors (Lipinski definition) is 0. The van der Waals surface area contributed by atoms with Crippen LogP contribution >= 0.6 is 0 Å². The second-order valence-corrected chi connectivity index (χ2v) is 15.0. The van der Waals surface area contributed by atoms with Crippen molar-refractivity contribution >= 4 is 0 Å². The molecule has 0 aromatic carbocycles. The Labute approximate surface area is 257 Å². The molecule has 0 N–H and O–H groups in total. The molecular weight excluding hydrogens is 512 g/mol. The maximum Gasteiger partial charge on any atom is 0.0728 e. The quantitative estimate of drug-likeness (QED) is 0.244. The highest BCUT2D eigenvalue weighted by Gasteiger charge is 2.60. The molecular formula is C40H56O2. The Morgan fingerprint density at radius 1 is 0.500 bits per heavy atom. The molecule has 0 aliphatic carbocycles. The van der Waals surface area contributed by atoms with Gasteiger partial charge in [0.2, 0.25) is 0 Å². The average molecular weight is 569 g/mol. The van der Waals surface area contributed by atoms with Crippen LogP contribution in [0.3, 0.4) is 0 Å². The molecule has 0 saturated carbocycles. The van der Waals surface area contributed by atoms with Crippen molar-refractivity contribution in [1.82, 2.24) is 0 Å². The Bertz CT molecular complexity index is 1160. The van der Waals surface area contributed by atoms with Gasteiger partial charge in [-0.1, -0.05) is 135 Å². The van der Waals surface area contributed by atoms with Gasteiger partial charge in [0, 0.05) is 11.8 Å².